The summed E-state index contributed by atoms with van der Waals surface area (Å²) in [6, 6.07) is 8.04. The first-order valence-corrected chi connectivity index (χ1v) is 7.09. The van der Waals surface area contributed by atoms with Crippen molar-refractivity contribution in [1.82, 2.24) is 5.32 Å². The lowest BCUT2D eigenvalue weighted by molar-refractivity contribution is -0.123. The van der Waals surface area contributed by atoms with Crippen molar-refractivity contribution in [2.45, 2.75) is 32.2 Å². The Morgan fingerprint density at radius 2 is 1.94 bits per heavy atom. The molecule has 1 amide bonds. The molecule has 1 aromatic carbocycles. The number of benzene rings is 1. The van der Waals surface area contributed by atoms with Crippen LogP contribution in [0.3, 0.4) is 0 Å². The van der Waals surface area contributed by atoms with E-state index in [0.717, 1.165) is 11.4 Å². The van der Waals surface area contributed by atoms with E-state index in [0.29, 0.717) is 11.8 Å². The van der Waals surface area contributed by atoms with E-state index in [-0.39, 0.29) is 17.9 Å². The highest BCUT2D eigenvalue weighted by Crippen LogP contribution is 2.43. The van der Waals surface area contributed by atoms with Gasteiger partial charge in [0.1, 0.15) is 0 Å². The fourth-order valence-corrected chi connectivity index (χ4v) is 2.65. The maximum Gasteiger partial charge on any atom is 0.223 e. The summed E-state index contributed by atoms with van der Waals surface area (Å²) in [6.07, 6.45) is 3.48. The van der Waals surface area contributed by atoms with Gasteiger partial charge in [0, 0.05) is 10.9 Å². The SMILES string of the molecule is CC1CC1C(=O)NC(c1ccc(Cl)cc1)C1CC1. The van der Waals surface area contributed by atoms with Crippen molar-refractivity contribution in [2.24, 2.45) is 17.8 Å². The van der Waals surface area contributed by atoms with Crippen molar-refractivity contribution in [3.8, 4) is 0 Å². The standard InChI is InChI=1S/C15H18ClNO/c1-9-8-13(9)15(18)17-14(10-2-3-10)11-4-6-12(16)7-5-11/h4-7,9-10,13-14H,2-3,8H2,1H3,(H,17,18). The highest BCUT2D eigenvalue weighted by molar-refractivity contribution is 6.30. The van der Waals surface area contributed by atoms with Gasteiger partial charge in [-0.05, 0) is 48.8 Å². The van der Waals surface area contributed by atoms with E-state index in [4.69, 9.17) is 11.6 Å². The summed E-state index contributed by atoms with van der Waals surface area (Å²) >= 11 is 5.91. The van der Waals surface area contributed by atoms with E-state index in [1.165, 1.54) is 18.4 Å². The Morgan fingerprint density at radius 1 is 1.33 bits per heavy atom. The highest BCUT2D eigenvalue weighted by Gasteiger charge is 2.42. The fourth-order valence-electron chi connectivity index (χ4n) is 2.52. The summed E-state index contributed by atoms with van der Waals surface area (Å²) in [7, 11) is 0. The molecule has 2 nitrogen and oxygen atoms in total. The number of carbonyl (C=O) groups excluding carboxylic acids is 1. The van der Waals surface area contributed by atoms with Crippen molar-refractivity contribution in [3.63, 3.8) is 0 Å². The Hall–Kier alpha value is -1.02. The molecule has 2 fully saturated rings. The van der Waals surface area contributed by atoms with E-state index >= 15 is 0 Å². The smallest absolute Gasteiger partial charge is 0.223 e. The molecule has 0 aliphatic heterocycles. The first-order valence-electron chi connectivity index (χ1n) is 6.71. The van der Waals surface area contributed by atoms with Crippen molar-refractivity contribution in [2.75, 3.05) is 0 Å². The van der Waals surface area contributed by atoms with E-state index in [2.05, 4.69) is 12.2 Å². The Morgan fingerprint density at radius 3 is 2.44 bits per heavy atom. The molecule has 0 spiro atoms. The molecule has 3 unspecified atom stereocenters. The molecule has 0 saturated heterocycles. The van der Waals surface area contributed by atoms with Gasteiger partial charge >= 0.3 is 0 Å². The van der Waals surface area contributed by atoms with Gasteiger partial charge < -0.3 is 5.32 Å². The van der Waals surface area contributed by atoms with Crippen molar-refractivity contribution in [1.29, 1.82) is 0 Å². The summed E-state index contributed by atoms with van der Waals surface area (Å²) in [5.74, 6) is 1.66. The molecule has 0 bridgehead atoms. The Bertz CT molecular complexity index is 452. The lowest BCUT2D eigenvalue weighted by Gasteiger charge is -2.19. The molecule has 0 heterocycles. The summed E-state index contributed by atoms with van der Waals surface area (Å²) in [5, 5.41) is 3.97. The van der Waals surface area contributed by atoms with Crippen molar-refractivity contribution in [3.05, 3.63) is 34.9 Å². The molecule has 18 heavy (non-hydrogen) atoms. The number of hydrogen-bond donors (Lipinski definition) is 1. The summed E-state index contributed by atoms with van der Waals surface area (Å²) in [4.78, 5) is 12.1. The van der Waals surface area contributed by atoms with Gasteiger partial charge in [0.05, 0.1) is 6.04 Å². The minimum atomic E-state index is 0.183. The molecule has 1 N–H and O–H groups in total. The van der Waals surface area contributed by atoms with E-state index in [1.807, 2.05) is 24.3 Å². The number of amides is 1. The van der Waals surface area contributed by atoms with Crippen LogP contribution in [-0.2, 0) is 4.79 Å². The number of rotatable bonds is 4. The van der Waals surface area contributed by atoms with Gasteiger partial charge in [0.15, 0.2) is 0 Å². The first kappa shape index (κ1) is 12.0. The van der Waals surface area contributed by atoms with Gasteiger partial charge in [-0.25, -0.2) is 0 Å². The predicted molar refractivity (Wildman–Crippen MR) is 72.3 cm³/mol. The summed E-state index contributed by atoms with van der Waals surface area (Å²) < 4.78 is 0. The fraction of sp³-hybridized carbons (Fsp3) is 0.533. The van der Waals surface area contributed by atoms with Crippen LogP contribution in [0.5, 0.6) is 0 Å². The third-order valence-corrected chi connectivity index (χ3v) is 4.32. The maximum absolute atomic E-state index is 12.1. The molecule has 2 aliphatic rings. The number of halogens is 1. The molecule has 1 aromatic rings. The lowest BCUT2D eigenvalue weighted by atomic mass is 10.0. The molecule has 96 valence electrons. The number of nitrogens with one attached hydrogen (secondary N) is 1. The van der Waals surface area contributed by atoms with Crippen molar-refractivity contribution < 1.29 is 4.79 Å². The molecule has 0 radical (unpaired) electrons. The van der Waals surface area contributed by atoms with Gasteiger partial charge in [0.2, 0.25) is 5.91 Å². The third-order valence-electron chi connectivity index (χ3n) is 4.07. The minimum absolute atomic E-state index is 0.183. The van der Waals surface area contributed by atoms with Gasteiger partial charge in [0.25, 0.3) is 0 Å². The van der Waals surface area contributed by atoms with Crippen LogP contribution in [0.25, 0.3) is 0 Å². The van der Waals surface area contributed by atoms with E-state index in [9.17, 15) is 4.79 Å². The highest BCUT2D eigenvalue weighted by atomic mass is 35.5. The van der Waals surface area contributed by atoms with Crippen LogP contribution in [0, 0.1) is 17.8 Å². The lowest BCUT2D eigenvalue weighted by Crippen LogP contribution is -2.31. The molecular formula is C15H18ClNO. The maximum atomic E-state index is 12.1. The molecule has 3 rings (SSSR count). The summed E-state index contributed by atoms with van der Waals surface area (Å²) in [6.45, 7) is 2.14. The number of carbonyl (C=O) groups is 1. The molecule has 3 atom stereocenters. The quantitative estimate of drug-likeness (QED) is 0.884. The van der Waals surface area contributed by atoms with Crippen LogP contribution in [0.2, 0.25) is 5.02 Å². The largest absolute Gasteiger partial charge is 0.349 e. The van der Waals surface area contributed by atoms with Gasteiger partial charge in [-0.1, -0.05) is 30.7 Å². The van der Waals surface area contributed by atoms with Crippen LogP contribution in [-0.4, -0.2) is 5.91 Å². The van der Waals surface area contributed by atoms with Gasteiger partial charge in [-0.2, -0.15) is 0 Å². The second kappa shape index (κ2) is 4.58. The van der Waals surface area contributed by atoms with E-state index < -0.39 is 0 Å². The molecule has 3 heteroatoms. The monoisotopic (exact) mass is 263 g/mol. The molecule has 2 aliphatic carbocycles. The third kappa shape index (κ3) is 2.54. The number of hydrogen-bond acceptors (Lipinski definition) is 1. The minimum Gasteiger partial charge on any atom is -0.349 e. The van der Waals surface area contributed by atoms with Crippen LogP contribution in [0.4, 0.5) is 0 Å². The average Bonchev–Trinajstić information content (AvgIpc) is 3.22. The zero-order valence-corrected chi connectivity index (χ0v) is 11.3. The Balaban J connectivity index is 1.72. The van der Waals surface area contributed by atoms with Gasteiger partial charge in [-0.3, -0.25) is 4.79 Å². The van der Waals surface area contributed by atoms with Crippen LogP contribution in [0.1, 0.15) is 37.8 Å². The second-order valence-corrected chi connectivity index (χ2v) is 6.13. The normalized spacial score (nSPS) is 27.7. The van der Waals surface area contributed by atoms with E-state index in [1.54, 1.807) is 0 Å². The molecule has 2 saturated carbocycles. The van der Waals surface area contributed by atoms with Crippen LogP contribution >= 0.6 is 11.6 Å². The summed E-state index contributed by atoms with van der Waals surface area (Å²) in [5.41, 5.74) is 1.18. The zero-order valence-electron chi connectivity index (χ0n) is 10.5. The van der Waals surface area contributed by atoms with Crippen LogP contribution in [0.15, 0.2) is 24.3 Å². The van der Waals surface area contributed by atoms with Gasteiger partial charge in [-0.15, -0.1) is 0 Å². The van der Waals surface area contributed by atoms with Crippen LogP contribution < -0.4 is 5.32 Å². The Labute approximate surface area is 113 Å². The predicted octanol–water partition coefficient (Wildman–Crippen LogP) is 3.56. The Kier molecular flexibility index (Phi) is 3.06. The average molecular weight is 264 g/mol. The molecule has 0 aromatic heterocycles. The zero-order chi connectivity index (χ0) is 12.7. The first-order chi connectivity index (χ1) is 8.65. The molecular weight excluding hydrogens is 246 g/mol. The second-order valence-electron chi connectivity index (χ2n) is 5.69. The van der Waals surface area contributed by atoms with Crippen molar-refractivity contribution >= 4 is 17.5 Å². The topological polar surface area (TPSA) is 29.1 Å².